The highest BCUT2D eigenvalue weighted by molar-refractivity contribution is 5.95. The molecule has 0 spiro atoms. The van der Waals surface area contributed by atoms with E-state index in [1.165, 1.54) is 12.3 Å². The number of halogens is 1. The van der Waals surface area contributed by atoms with Crippen molar-refractivity contribution in [3.8, 4) is 22.8 Å². The fourth-order valence-corrected chi connectivity index (χ4v) is 2.50. The first-order valence-corrected chi connectivity index (χ1v) is 7.74. The third-order valence-corrected chi connectivity index (χ3v) is 3.69. The van der Waals surface area contributed by atoms with Gasteiger partial charge in [0.2, 0.25) is 5.91 Å². The summed E-state index contributed by atoms with van der Waals surface area (Å²) in [5.74, 6) is -0.113. The molecule has 5 nitrogen and oxygen atoms in total. The molecule has 0 aliphatic rings. The van der Waals surface area contributed by atoms with Gasteiger partial charge in [0, 0.05) is 29.5 Å². The number of nitrogens with two attached hydrogens (primary N) is 1. The molecule has 3 rings (SSSR count). The van der Waals surface area contributed by atoms with Gasteiger partial charge in [0.1, 0.15) is 17.3 Å². The highest BCUT2D eigenvalue weighted by atomic mass is 19.1. The number of ether oxygens (including phenoxy) is 1. The number of carbonyl (C=O) groups excluding carboxylic acids is 1. The van der Waals surface area contributed by atoms with Gasteiger partial charge in [-0.15, -0.1) is 0 Å². The number of primary amides is 1. The Bertz CT molecular complexity index is 928. The van der Waals surface area contributed by atoms with Gasteiger partial charge < -0.3 is 10.5 Å². The minimum Gasteiger partial charge on any atom is -0.456 e. The number of hydrogen-bond donors (Lipinski definition) is 1. The molecule has 0 unspecified atom stereocenters. The fraction of sp³-hybridized carbons (Fsp3) is 0.105. The molecule has 25 heavy (non-hydrogen) atoms. The average Bonchev–Trinajstić information content (AvgIpc) is 2.61. The molecule has 2 N–H and O–H groups in total. The van der Waals surface area contributed by atoms with Crippen LogP contribution >= 0.6 is 0 Å². The third kappa shape index (κ3) is 3.80. The Morgan fingerprint density at radius 2 is 2.00 bits per heavy atom. The molecule has 0 bridgehead atoms. The van der Waals surface area contributed by atoms with Crippen molar-refractivity contribution in [3.05, 3.63) is 71.9 Å². The van der Waals surface area contributed by atoms with E-state index in [4.69, 9.17) is 10.5 Å². The molecule has 6 heteroatoms. The molecular weight excluding hydrogens is 321 g/mol. The number of hydrogen-bond acceptors (Lipinski definition) is 4. The van der Waals surface area contributed by atoms with Crippen molar-refractivity contribution >= 4 is 5.91 Å². The fourth-order valence-electron chi connectivity index (χ4n) is 2.50. The standard InChI is InChI=1S/C19H16FN3O2/c1-2-12-7-13(3-4-17(12)19(21)24)18-9-15(5-6-23-18)25-16-8-14(20)10-22-11-16/h3-11H,2H2,1H3,(H2,21,24). The second-order valence-corrected chi connectivity index (χ2v) is 5.41. The van der Waals surface area contributed by atoms with Gasteiger partial charge in [0.05, 0.1) is 18.1 Å². The van der Waals surface area contributed by atoms with Crippen molar-refractivity contribution < 1.29 is 13.9 Å². The largest absolute Gasteiger partial charge is 0.456 e. The van der Waals surface area contributed by atoms with Crippen LogP contribution in [-0.4, -0.2) is 15.9 Å². The summed E-state index contributed by atoms with van der Waals surface area (Å²) in [6.07, 6.45) is 4.82. The lowest BCUT2D eigenvalue weighted by Gasteiger charge is -2.10. The Morgan fingerprint density at radius 3 is 2.72 bits per heavy atom. The van der Waals surface area contributed by atoms with Gasteiger partial charge in [-0.25, -0.2) is 4.39 Å². The average molecular weight is 337 g/mol. The maximum atomic E-state index is 13.2. The Kier molecular flexibility index (Phi) is 4.70. The van der Waals surface area contributed by atoms with Gasteiger partial charge in [0.25, 0.3) is 0 Å². The number of aromatic nitrogens is 2. The van der Waals surface area contributed by atoms with Crippen molar-refractivity contribution in [3.63, 3.8) is 0 Å². The van der Waals surface area contributed by atoms with Gasteiger partial charge in [-0.3, -0.25) is 14.8 Å². The van der Waals surface area contributed by atoms with E-state index in [2.05, 4.69) is 9.97 Å². The third-order valence-electron chi connectivity index (χ3n) is 3.69. The molecule has 0 saturated heterocycles. The second kappa shape index (κ2) is 7.09. The monoisotopic (exact) mass is 337 g/mol. The molecule has 1 aromatic carbocycles. The Balaban J connectivity index is 1.92. The molecule has 0 radical (unpaired) electrons. The molecule has 0 fully saturated rings. The Hall–Kier alpha value is -3.28. The maximum absolute atomic E-state index is 13.2. The molecule has 0 saturated carbocycles. The van der Waals surface area contributed by atoms with Crippen LogP contribution in [0.3, 0.4) is 0 Å². The Morgan fingerprint density at radius 1 is 1.16 bits per heavy atom. The number of carbonyl (C=O) groups is 1. The van der Waals surface area contributed by atoms with Crippen LogP contribution in [0.1, 0.15) is 22.8 Å². The molecule has 0 aliphatic carbocycles. The number of nitrogens with zero attached hydrogens (tertiary/aromatic N) is 2. The first kappa shape index (κ1) is 16.6. The molecule has 2 heterocycles. The molecule has 3 aromatic rings. The van der Waals surface area contributed by atoms with E-state index in [0.717, 1.165) is 17.3 Å². The van der Waals surface area contributed by atoms with Crippen LogP contribution < -0.4 is 10.5 Å². The van der Waals surface area contributed by atoms with Gasteiger partial charge in [-0.2, -0.15) is 0 Å². The van der Waals surface area contributed by atoms with Crippen LogP contribution in [0, 0.1) is 5.82 Å². The Labute approximate surface area is 144 Å². The number of aryl methyl sites for hydroxylation is 1. The van der Waals surface area contributed by atoms with E-state index >= 15 is 0 Å². The van der Waals surface area contributed by atoms with Crippen molar-refractivity contribution in [2.45, 2.75) is 13.3 Å². The zero-order valence-corrected chi connectivity index (χ0v) is 13.6. The molecule has 0 aliphatic heterocycles. The second-order valence-electron chi connectivity index (χ2n) is 5.41. The van der Waals surface area contributed by atoms with Gasteiger partial charge in [0.15, 0.2) is 0 Å². The van der Waals surface area contributed by atoms with Crippen LogP contribution in [-0.2, 0) is 6.42 Å². The van der Waals surface area contributed by atoms with Crippen molar-refractivity contribution in [1.82, 2.24) is 9.97 Å². The van der Waals surface area contributed by atoms with Crippen molar-refractivity contribution in [1.29, 1.82) is 0 Å². The number of pyridine rings is 2. The number of benzene rings is 1. The zero-order valence-electron chi connectivity index (χ0n) is 13.6. The molecule has 126 valence electrons. The molecular formula is C19H16FN3O2. The smallest absolute Gasteiger partial charge is 0.248 e. The first-order chi connectivity index (χ1) is 12.1. The van der Waals surface area contributed by atoms with E-state index in [0.29, 0.717) is 29.2 Å². The van der Waals surface area contributed by atoms with Crippen LogP contribution in [0.2, 0.25) is 0 Å². The highest BCUT2D eigenvalue weighted by Gasteiger charge is 2.10. The van der Waals surface area contributed by atoms with Gasteiger partial charge in [-0.1, -0.05) is 13.0 Å². The molecule has 0 atom stereocenters. The highest BCUT2D eigenvalue weighted by Crippen LogP contribution is 2.27. The van der Waals surface area contributed by atoms with E-state index < -0.39 is 11.7 Å². The summed E-state index contributed by atoms with van der Waals surface area (Å²) in [6.45, 7) is 1.95. The predicted octanol–water partition coefficient (Wildman–Crippen LogP) is 3.74. The van der Waals surface area contributed by atoms with Crippen LogP contribution in [0.15, 0.2) is 55.0 Å². The maximum Gasteiger partial charge on any atom is 0.248 e. The summed E-state index contributed by atoms with van der Waals surface area (Å²) in [5, 5.41) is 0. The van der Waals surface area contributed by atoms with Crippen LogP contribution in [0.4, 0.5) is 4.39 Å². The van der Waals surface area contributed by atoms with E-state index in [1.807, 2.05) is 13.0 Å². The van der Waals surface area contributed by atoms with Crippen molar-refractivity contribution in [2.24, 2.45) is 5.73 Å². The van der Waals surface area contributed by atoms with Crippen LogP contribution in [0.25, 0.3) is 11.3 Å². The normalized spacial score (nSPS) is 10.5. The van der Waals surface area contributed by atoms with Crippen molar-refractivity contribution in [2.75, 3.05) is 0 Å². The lowest BCUT2D eigenvalue weighted by atomic mass is 9.99. The van der Waals surface area contributed by atoms with Crippen LogP contribution in [0.5, 0.6) is 11.5 Å². The summed E-state index contributed by atoms with van der Waals surface area (Å²) >= 11 is 0. The van der Waals surface area contributed by atoms with E-state index in [-0.39, 0.29) is 0 Å². The lowest BCUT2D eigenvalue weighted by Crippen LogP contribution is -2.13. The summed E-state index contributed by atoms with van der Waals surface area (Å²) in [6, 6.07) is 10.0. The first-order valence-electron chi connectivity index (χ1n) is 7.74. The molecule has 1 amide bonds. The SMILES string of the molecule is CCc1cc(-c2cc(Oc3cncc(F)c3)ccn2)ccc1C(N)=O. The summed E-state index contributed by atoms with van der Waals surface area (Å²) in [5.41, 5.74) is 8.26. The zero-order chi connectivity index (χ0) is 17.8. The van der Waals surface area contributed by atoms with E-state index in [9.17, 15) is 9.18 Å². The topological polar surface area (TPSA) is 78.1 Å². The predicted molar refractivity (Wildman–Crippen MR) is 91.8 cm³/mol. The quantitative estimate of drug-likeness (QED) is 0.769. The summed E-state index contributed by atoms with van der Waals surface area (Å²) < 4.78 is 18.8. The minimum atomic E-state index is -0.471. The lowest BCUT2D eigenvalue weighted by molar-refractivity contribution is 0.0999. The molecule has 2 aromatic heterocycles. The number of amides is 1. The minimum absolute atomic E-state index is 0.301. The van der Waals surface area contributed by atoms with Gasteiger partial charge >= 0.3 is 0 Å². The summed E-state index contributed by atoms with van der Waals surface area (Å²) in [7, 11) is 0. The van der Waals surface area contributed by atoms with E-state index in [1.54, 1.807) is 30.5 Å². The summed E-state index contributed by atoms with van der Waals surface area (Å²) in [4.78, 5) is 19.5. The number of rotatable bonds is 5. The van der Waals surface area contributed by atoms with Gasteiger partial charge in [-0.05, 0) is 30.2 Å².